The molecule has 148 valence electrons. The predicted molar refractivity (Wildman–Crippen MR) is 119 cm³/mol. The van der Waals surface area contributed by atoms with Crippen molar-refractivity contribution >= 4 is 50.0 Å². The van der Waals surface area contributed by atoms with Gasteiger partial charge in [-0.2, -0.15) is 0 Å². The van der Waals surface area contributed by atoms with E-state index in [0.29, 0.717) is 36.5 Å². The van der Waals surface area contributed by atoms with Gasteiger partial charge in [-0.3, -0.25) is 9.59 Å². The highest BCUT2D eigenvalue weighted by molar-refractivity contribution is 9.10. The Bertz CT molecular complexity index is 1260. The third-order valence-electron chi connectivity index (χ3n) is 4.92. The average Bonchev–Trinajstić information content (AvgIpc) is 3.20. The number of halogens is 2. The highest BCUT2D eigenvalue weighted by Crippen LogP contribution is 2.21. The molecule has 0 aliphatic carbocycles. The lowest BCUT2D eigenvalue weighted by Gasteiger charge is -2.13. The van der Waals surface area contributed by atoms with Gasteiger partial charge in [0, 0.05) is 35.2 Å². The molecule has 5 nitrogen and oxygen atoms in total. The van der Waals surface area contributed by atoms with Gasteiger partial charge in [-0.25, -0.2) is 0 Å². The zero-order chi connectivity index (χ0) is 20.4. The molecular weight excluding hydrogens is 454 g/mol. The maximum absolute atomic E-state index is 13.0. The Hall–Kier alpha value is -2.57. The molecule has 4 rings (SSSR count). The average molecular weight is 473 g/mol. The largest absolute Gasteiger partial charge is 0.352 e. The summed E-state index contributed by atoms with van der Waals surface area (Å²) in [6.45, 7) is 0.859. The lowest BCUT2D eigenvalue weighted by Crippen LogP contribution is -2.25. The molecule has 7 heteroatoms. The van der Waals surface area contributed by atoms with E-state index in [1.165, 1.54) is 0 Å². The van der Waals surface area contributed by atoms with Gasteiger partial charge in [0.15, 0.2) is 0 Å². The van der Waals surface area contributed by atoms with Crippen LogP contribution in [-0.4, -0.2) is 14.9 Å². The summed E-state index contributed by atoms with van der Waals surface area (Å²) < 4.78 is 4.55. The van der Waals surface area contributed by atoms with Crippen molar-refractivity contribution in [1.29, 1.82) is 0 Å². The van der Waals surface area contributed by atoms with Crippen molar-refractivity contribution in [3.63, 3.8) is 0 Å². The van der Waals surface area contributed by atoms with E-state index in [9.17, 15) is 9.59 Å². The van der Waals surface area contributed by atoms with Gasteiger partial charge in [0.2, 0.25) is 5.91 Å². The fourth-order valence-corrected chi connectivity index (χ4v) is 4.02. The number of hydrogen-bond donors (Lipinski definition) is 1. The van der Waals surface area contributed by atoms with Crippen LogP contribution < -0.4 is 10.9 Å². The van der Waals surface area contributed by atoms with E-state index in [0.717, 1.165) is 21.1 Å². The van der Waals surface area contributed by atoms with Gasteiger partial charge in [0.25, 0.3) is 5.56 Å². The minimum atomic E-state index is -0.0628. The summed E-state index contributed by atoms with van der Waals surface area (Å²) >= 11 is 9.61. The molecule has 0 aliphatic rings. The van der Waals surface area contributed by atoms with Crippen molar-refractivity contribution in [3.05, 3.63) is 86.2 Å². The SMILES string of the molecule is O=C(CCCn1c(=O)c2cccn2c2ccc(Br)cc21)NCc1ccccc1Cl. The first-order chi connectivity index (χ1) is 14.0. The molecule has 0 aliphatic heterocycles. The number of aryl methyl sites for hydroxylation is 1. The zero-order valence-corrected chi connectivity index (χ0v) is 17.9. The predicted octanol–water partition coefficient (Wildman–Crippen LogP) is 4.77. The van der Waals surface area contributed by atoms with Gasteiger partial charge >= 0.3 is 0 Å². The summed E-state index contributed by atoms with van der Waals surface area (Å²) in [7, 11) is 0. The fraction of sp³-hybridized carbons (Fsp3) is 0.182. The van der Waals surface area contributed by atoms with Crippen LogP contribution in [0.3, 0.4) is 0 Å². The Labute approximate surface area is 181 Å². The van der Waals surface area contributed by atoms with Crippen molar-refractivity contribution < 1.29 is 4.79 Å². The van der Waals surface area contributed by atoms with E-state index in [2.05, 4.69) is 21.2 Å². The first-order valence-corrected chi connectivity index (χ1v) is 10.5. The van der Waals surface area contributed by atoms with E-state index in [4.69, 9.17) is 11.6 Å². The third kappa shape index (κ3) is 4.09. The van der Waals surface area contributed by atoms with Gasteiger partial charge in [-0.05, 0) is 48.4 Å². The summed E-state index contributed by atoms with van der Waals surface area (Å²) in [5, 5.41) is 3.53. The summed E-state index contributed by atoms with van der Waals surface area (Å²) in [4.78, 5) is 25.2. The smallest absolute Gasteiger partial charge is 0.275 e. The summed E-state index contributed by atoms with van der Waals surface area (Å²) in [6.07, 6.45) is 2.78. The molecule has 0 atom stereocenters. The van der Waals surface area contributed by atoms with Crippen LogP contribution in [0.15, 0.2) is 70.1 Å². The molecule has 2 aromatic heterocycles. The fourth-order valence-electron chi connectivity index (χ4n) is 3.47. The number of carbonyl (C=O) groups is 1. The van der Waals surface area contributed by atoms with Crippen LogP contribution in [-0.2, 0) is 17.9 Å². The number of nitrogens with zero attached hydrogens (tertiary/aromatic N) is 2. The molecule has 2 aromatic carbocycles. The normalized spacial score (nSPS) is 11.2. The van der Waals surface area contributed by atoms with E-state index < -0.39 is 0 Å². The van der Waals surface area contributed by atoms with Gasteiger partial charge in [0.1, 0.15) is 5.52 Å². The van der Waals surface area contributed by atoms with Crippen LogP contribution in [0.5, 0.6) is 0 Å². The summed E-state index contributed by atoms with van der Waals surface area (Å²) in [5.41, 5.74) is 3.24. The van der Waals surface area contributed by atoms with Crippen molar-refractivity contribution in [2.24, 2.45) is 0 Å². The number of carbonyl (C=O) groups excluding carboxylic acids is 1. The Balaban J connectivity index is 1.48. The standard InChI is InChI=1S/C22H19BrClN3O2/c23-16-9-10-18-20(13-16)27(22(29)19-7-3-11-26(18)19)12-4-8-21(28)25-14-15-5-1-2-6-17(15)24/h1-3,5-7,9-11,13H,4,8,12,14H2,(H,25,28). The lowest BCUT2D eigenvalue weighted by atomic mass is 10.2. The van der Waals surface area contributed by atoms with Crippen LogP contribution in [0.4, 0.5) is 0 Å². The molecule has 0 unspecified atom stereocenters. The molecule has 1 N–H and O–H groups in total. The minimum Gasteiger partial charge on any atom is -0.352 e. The second-order valence-electron chi connectivity index (χ2n) is 6.82. The Kier molecular flexibility index (Phi) is 5.74. The number of nitrogens with one attached hydrogen (secondary N) is 1. The van der Waals surface area contributed by atoms with Crippen LogP contribution in [0.1, 0.15) is 18.4 Å². The number of hydrogen-bond acceptors (Lipinski definition) is 2. The van der Waals surface area contributed by atoms with Gasteiger partial charge < -0.3 is 14.3 Å². The molecule has 4 aromatic rings. The lowest BCUT2D eigenvalue weighted by molar-refractivity contribution is -0.121. The zero-order valence-electron chi connectivity index (χ0n) is 15.6. The quantitative estimate of drug-likeness (QED) is 0.440. The number of fused-ring (bicyclic) bond motifs is 3. The van der Waals surface area contributed by atoms with Crippen LogP contribution >= 0.6 is 27.5 Å². The maximum atomic E-state index is 13.0. The van der Waals surface area contributed by atoms with Crippen molar-refractivity contribution in [1.82, 2.24) is 14.3 Å². The van der Waals surface area contributed by atoms with E-state index in [1.807, 2.05) is 59.1 Å². The van der Waals surface area contributed by atoms with Gasteiger partial charge in [-0.15, -0.1) is 0 Å². The van der Waals surface area contributed by atoms with E-state index in [1.54, 1.807) is 10.6 Å². The molecular formula is C22H19BrClN3O2. The number of amides is 1. The molecule has 29 heavy (non-hydrogen) atoms. The molecule has 0 fully saturated rings. The second-order valence-corrected chi connectivity index (χ2v) is 8.15. The molecule has 1 amide bonds. The minimum absolute atomic E-state index is 0.0583. The number of benzene rings is 2. The highest BCUT2D eigenvalue weighted by Gasteiger charge is 2.11. The molecule has 2 heterocycles. The molecule has 0 saturated heterocycles. The third-order valence-corrected chi connectivity index (χ3v) is 5.78. The molecule has 0 bridgehead atoms. The Morgan fingerprint density at radius 3 is 2.69 bits per heavy atom. The van der Waals surface area contributed by atoms with Crippen LogP contribution in [0.25, 0.3) is 16.6 Å². The first kappa shape index (κ1) is 19.7. The molecule has 0 radical (unpaired) electrons. The van der Waals surface area contributed by atoms with E-state index in [-0.39, 0.29) is 11.5 Å². The van der Waals surface area contributed by atoms with Crippen LogP contribution in [0.2, 0.25) is 5.02 Å². The van der Waals surface area contributed by atoms with Crippen molar-refractivity contribution in [2.45, 2.75) is 25.9 Å². The van der Waals surface area contributed by atoms with Gasteiger partial charge in [0.05, 0.1) is 11.0 Å². The van der Waals surface area contributed by atoms with Crippen molar-refractivity contribution in [3.8, 4) is 0 Å². The number of rotatable bonds is 6. The highest BCUT2D eigenvalue weighted by atomic mass is 79.9. The summed E-state index contributed by atoms with van der Waals surface area (Å²) in [5.74, 6) is -0.0628. The van der Waals surface area contributed by atoms with Crippen molar-refractivity contribution in [2.75, 3.05) is 0 Å². The van der Waals surface area contributed by atoms with Gasteiger partial charge in [-0.1, -0.05) is 45.7 Å². The summed E-state index contributed by atoms with van der Waals surface area (Å²) in [6, 6.07) is 17.0. The Morgan fingerprint density at radius 2 is 1.86 bits per heavy atom. The second kappa shape index (κ2) is 8.43. The maximum Gasteiger partial charge on any atom is 0.275 e. The first-order valence-electron chi connectivity index (χ1n) is 9.34. The molecule has 0 saturated carbocycles. The van der Waals surface area contributed by atoms with Crippen LogP contribution in [0, 0.1) is 0 Å². The topological polar surface area (TPSA) is 55.5 Å². The molecule has 0 spiro atoms. The number of aromatic nitrogens is 2. The Morgan fingerprint density at radius 1 is 1.03 bits per heavy atom. The monoisotopic (exact) mass is 471 g/mol. The van der Waals surface area contributed by atoms with E-state index >= 15 is 0 Å².